The highest BCUT2D eigenvalue weighted by molar-refractivity contribution is 5.79. The highest BCUT2D eigenvalue weighted by atomic mass is 16.5. The lowest BCUT2D eigenvalue weighted by Crippen LogP contribution is -2.37. The molecule has 0 bridgehead atoms. The summed E-state index contributed by atoms with van der Waals surface area (Å²) in [5.74, 6) is 2.16. The Morgan fingerprint density at radius 3 is 2.57 bits per heavy atom. The minimum atomic E-state index is -0.387. The smallest absolute Gasteiger partial charge is 0.249 e. The Labute approximate surface area is 175 Å². The maximum Gasteiger partial charge on any atom is 0.249 e. The highest BCUT2D eigenvalue weighted by Gasteiger charge is 2.29. The summed E-state index contributed by atoms with van der Waals surface area (Å²) in [6.07, 6.45) is 3.55. The third kappa shape index (κ3) is 4.30. The van der Waals surface area contributed by atoms with E-state index >= 15 is 0 Å². The van der Waals surface area contributed by atoms with Crippen LogP contribution >= 0.6 is 0 Å². The molecule has 0 saturated heterocycles. The number of carbonyl (C=O) groups excluding carboxylic acids is 1. The second kappa shape index (κ2) is 8.98. The number of ether oxygens (including phenoxy) is 2. The van der Waals surface area contributed by atoms with Gasteiger partial charge in [0, 0.05) is 17.9 Å². The zero-order valence-corrected chi connectivity index (χ0v) is 17.1. The van der Waals surface area contributed by atoms with Crippen LogP contribution in [0.1, 0.15) is 36.8 Å². The van der Waals surface area contributed by atoms with Gasteiger partial charge >= 0.3 is 0 Å². The molecule has 7 nitrogen and oxygen atoms in total. The summed E-state index contributed by atoms with van der Waals surface area (Å²) in [6.45, 7) is 0. The van der Waals surface area contributed by atoms with Crippen molar-refractivity contribution in [2.75, 3.05) is 14.2 Å². The van der Waals surface area contributed by atoms with Gasteiger partial charge in [-0.25, -0.2) is 0 Å². The Kier molecular flexibility index (Phi) is 5.97. The molecule has 1 unspecified atom stereocenters. The SMILES string of the molecule is COc1ccc(-c2noc(C(Cc3ccccc3)NC(=O)C3CCC3)n2)cc1OC. The van der Waals surface area contributed by atoms with Crippen molar-refractivity contribution >= 4 is 5.91 Å². The predicted molar refractivity (Wildman–Crippen MR) is 111 cm³/mol. The first-order valence-corrected chi connectivity index (χ1v) is 10.1. The molecular formula is C23H25N3O4. The Morgan fingerprint density at radius 2 is 1.90 bits per heavy atom. The van der Waals surface area contributed by atoms with Crippen LogP contribution in [-0.2, 0) is 11.2 Å². The minimum Gasteiger partial charge on any atom is -0.493 e. The monoisotopic (exact) mass is 407 g/mol. The van der Waals surface area contributed by atoms with E-state index in [9.17, 15) is 4.79 Å². The van der Waals surface area contributed by atoms with Gasteiger partial charge in [0.25, 0.3) is 0 Å². The van der Waals surface area contributed by atoms with Gasteiger partial charge in [-0.1, -0.05) is 41.9 Å². The minimum absolute atomic E-state index is 0.0491. The van der Waals surface area contributed by atoms with E-state index in [1.165, 1.54) is 0 Å². The number of carbonyl (C=O) groups is 1. The van der Waals surface area contributed by atoms with Crippen molar-refractivity contribution in [2.24, 2.45) is 5.92 Å². The lowest BCUT2D eigenvalue weighted by Gasteiger charge is -2.26. The van der Waals surface area contributed by atoms with Crippen LogP contribution in [0.15, 0.2) is 53.1 Å². The van der Waals surface area contributed by atoms with Crippen LogP contribution in [0.25, 0.3) is 11.4 Å². The topological polar surface area (TPSA) is 86.5 Å². The van der Waals surface area contributed by atoms with Crippen molar-refractivity contribution in [1.82, 2.24) is 15.5 Å². The Bertz CT molecular complexity index is 999. The first-order chi connectivity index (χ1) is 14.7. The van der Waals surface area contributed by atoms with E-state index in [-0.39, 0.29) is 17.9 Å². The van der Waals surface area contributed by atoms with Gasteiger partial charge < -0.3 is 19.3 Å². The second-order valence-corrected chi connectivity index (χ2v) is 7.40. The number of rotatable bonds is 8. The lowest BCUT2D eigenvalue weighted by molar-refractivity contribution is -0.128. The Balaban J connectivity index is 1.59. The lowest BCUT2D eigenvalue weighted by atomic mass is 9.84. The molecule has 156 valence electrons. The quantitative estimate of drug-likeness (QED) is 0.608. The summed E-state index contributed by atoms with van der Waals surface area (Å²) < 4.78 is 16.2. The number of amides is 1. The molecule has 4 rings (SSSR count). The fourth-order valence-electron chi connectivity index (χ4n) is 3.48. The molecule has 0 aliphatic heterocycles. The van der Waals surface area contributed by atoms with E-state index in [0.29, 0.717) is 29.6 Å². The third-order valence-electron chi connectivity index (χ3n) is 5.46. The van der Waals surface area contributed by atoms with E-state index in [1.54, 1.807) is 26.4 Å². The molecule has 1 atom stereocenters. The zero-order valence-electron chi connectivity index (χ0n) is 17.1. The molecule has 1 amide bonds. The molecule has 1 fully saturated rings. The normalized spacial score (nSPS) is 14.6. The van der Waals surface area contributed by atoms with Crippen LogP contribution in [0.3, 0.4) is 0 Å². The van der Waals surface area contributed by atoms with Crippen molar-refractivity contribution < 1.29 is 18.8 Å². The maximum atomic E-state index is 12.6. The van der Waals surface area contributed by atoms with Crippen molar-refractivity contribution in [3.63, 3.8) is 0 Å². The van der Waals surface area contributed by atoms with Crippen LogP contribution < -0.4 is 14.8 Å². The fraction of sp³-hybridized carbons (Fsp3) is 0.348. The largest absolute Gasteiger partial charge is 0.493 e. The van der Waals surface area contributed by atoms with Gasteiger partial charge in [-0.05, 0) is 36.6 Å². The second-order valence-electron chi connectivity index (χ2n) is 7.40. The van der Waals surface area contributed by atoms with Crippen LogP contribution in [0.2, 0.25) is 0 Å². The highest BCUT2D eigenvalue weighted by Crippen LogP contribution is 2.32. The average Bonchev–Trinajstić information content (AvgIpc) is 3.22. The molecule has 0 radical (unpaired) electrons. The fourth-order valence-corrected chi connectivity index (χ4v) is 3.48. The summed E-state index contributed by atoms with van der Waals surface area (Å²) in [6, 6.07) is 15.0. The molecule has 1 saturated carbocycles. The molecule has 7 heteroatoms. The number of methoxy groups -OCH3 is 2. The average molecular weight is 407 g/mol. The Hall–Kier alpha value is -3.35. The van der Waals surface area contributed by atoms with Gasteiger partial charge in [0.15, 0.2) is 11.5 Å². The van der Waals surface area contributed by atoms with E-state index in [2.05, 4.69) is 15.5 Å². The first kappa shape index (κ1) is 19.9. The van der Waals surface area contributed by atoms with Crippen LogP contribution in [0.4, 0.5) is 0 Å². The number of hydrogen-bond donors (Lipinski definition) is 1. The van der Waals surface area contributed by atoms with Crippen LogP contribution in [0.5, 0.6) is 11.5 Å². The first-order valence-electron chi connectivity index (χ1n) is 10.1. The van der Waals surface area contributed by atoms with Gasteiger partial charge in [0.2, 0.25) is 17.6 Å². The zero-order chi connectivity index (χ0) is 20.9. The number of nitrogens with zero attached hydrogens (tertiary/aromatic N) is 2. The van der Waals surface area contributed by atoms with E-state index in [1.807, 2.05) is 36.4 Å². The molecule has 2 aromatic carbocycles. The van der Waals surface area contributed by atoms with Crippen molar-refractivity contribution in [1.29, 1.82) is 0 Å². The standard InChI is InChI=1S/C23H25N3O4/c1-28-19-12-11-17(14-20(19)29-2)21-25-23(30-26-21)18(13-15-7-4-3-5-8-15)24-22(27)16-9-6-10-16/h3-5,7-8,11-12,14,16,18H,6,9-10,13H2,1-2H3,(H,24,27). The van der Waals surface area contributed by atoms with Crippen LogP contribution in [0, 0.1) is 5.92 Å². The van der Waals surface area contributed by atoms with Crippen molar-refractivity contribution in [3.8, 4) is 22.9 Å². The van der Waals surface area contributed by atoms with E-state index in [0.717, 1.165) is 30.4 Å². The summed E-state index contributed by atoms with van der Waals surface area (Å²) in [4.78, 5) is 17.2. The van der Waals surface area contributed by atoms with Crippen molar-refractivity contribution in [3.05, 3.63) is 60.0 Å². The molecule has 30 heavy (non-hydrogen) atoms. The molecule has 1 aliphatic rings. The molecule has 1 heterocycles. The summed E-state index contributed by atoms with van der Waals surface area (Å²) in [7, 11) is 3.16. The molecular weight excluding hydrogens is 382 g/mol. The Morgan fingerprint density at radius 1 is 1.13 bits per heavy atom. The number of benzene rings is 2. The van der Waals surface area contributed by atoms with Gasteiger partial charge in [-0.2, -0.15) is 4.98 Å². The number of nitrogens with one attached hydrogen (secondary N) is 1. The number of aromatic nitrogens is 2. The van der Waals surface area contributed by atoms with E-state index in [4.69, 9.17) is 14.0 Å². The van der Waals surface area contributed by atoms with Gasteiger partial charge in [-0.15, -0.1) is 0 Å². The van der Waals surface area contributed by atoms with Gasteiger partial charge in [-0.3, -0.25) is 4.79 Å². The number of hydrogen-bond acceptors (Lipinski definition) is 6. The molecule has 3 aromatic rings. The molecule has 0 spiro atoms. The maximum absolute atomic E-state index is 12.6. The predicted octanol–water partition coefficient (Wildman–Crippen LogP) is 3.95. The van der Waals surface area contributed by atoms with E-state index < -0.39 is 0 Å². The summed E-state index contributed by atoms with van der Waals surface area (Å²) in [5.41, 5.74) is 1.83. The molecule has 1 aromatic heterocycles. The molecule has 1 N–H and O–H groups in total. The van der Waals surface area contributed by atoms with Gasteiger partial charge in [0.1, 0.15) is 6.04 Å². The molecule has 1 aliphatic carbocycles. The van der Waals surface area contributed by atoms with Gasteiger partial charge in [0.05, 0.1) is 14.2 Å². The third-order valence-corrected chi connectivity index (χ3v) is 5.46. The van der Waals surface area contributed by atoms with Crippen molar-refractivity contribution in [2.45, 2.75) is 31.7 Å². The summed E-state index contributed by atoms with van der Waals surface area (Å²) >= 11 is 0. The summed E-state index contributed by atoms with van der Waals surface area (Å²) in [5, 5.41) is 7.24. The van der Waals surface area contributed by atoms with Crippen LogP contribution in [-0.4, -0.2) is 30.3 Å².